The van der Waals surface area contributed by atoms with Crippen molar-refractivity contribution in [2.45, 2.75) is 58.0 Å². The number of thiophene rings is 1. The van der Waals surface area contributed by atoms with Gasteiger partial charge in [-0.25, -0.2) is 0 Å². The number of ether oxygens (including phenoxy) is 1. The first kappa shape index (κ1) is 36.6. The normalized spacial score (nSPS) is 17.6. The molecule has 0 radical (unpaired) electrons. The number of hydrogen-bond acceptors (Lipinski definition) is 12. The average Bonchev–Trinajstić information content (AvgIpc) is 3.75. The van der Waals surface area contributed by atoms with Crippen LogP contribution in [-0.2, 0) is 19.1 Å². The van der Waals surface area contributed by atoms with E-state index in [1.807, 2.05) is 23.6 Å². The molecular formula is C37H35ClN8O7S. The molecule has 3 aliphatic rings. The zero-order valence-electron chi connectivity index (χ0n) is 29.5. The fourth-order valence-corrected chi connectivity index (χ4v) is 8.31. The van der Waals surface area contributed by atoms with Gasteiger partial charge in [0.15, 0.2) is 5.82 Å². The Morgan fingerprint density at radius 3 is 2.50 bits per heavy atom. The van der Waals surface area contributed by atoms with Crippen molar-refractivity contribution in [3.63, 3.8) is 0 Å². The van der Waals surface area contributed by atoms with Gasteiger partial charge in [-0.2, -0.15) is 0 Å². The average molecular weight is 771 g/mol. The summed E-state index contributed by atoms with van der Waals surface area (Å²) in [5.41, 5.74) is 3.65. The van der Waals surface area contributed by atoms with E-state index >= 15 is 0 Å². The highest BCUT2D eigenvalue weighted by Gasteiger charge is 2.45. The summed E-state index contributed by atoms with van der Waals surface area (Å²) in [5.74, 6) is -1.92. The minimum Gasteiger partial charge on any atom is -0.469 e. The van der Waals surface area contributed by atoms with Crippen LogP contribution in [0.5, 0.6) is 0 Å². The quantitative estimate of drug-likeness (QED) is 0.114. The molecule has 7 rings (SSSR count). The second-order valence-electron chi connectivity index (χ2n) is 13.0. The van der Waals surface area contributed by atoms with E-state index in [-0.39, 0.29) is 36.3 Å². The monoisotopic (exact) mass is 770 g/mol. The maximum atomic E-state index is 13.7. The Labute approximate surface area is 318 Å². The first-order valence-corrected chi connectivity index (χ1v) is 18.5. The van der Waals surface area contributed by atoms with Crippen molar-refractivity contribution < 1.29 is 33.5 Å². The molecule has 54 heavy (non-hydrogen) atoms. The van der Waals surface area contributed by atoms with Crippen LogP contribution in [0.4, 0.5) is 5.69 Å². The molecule has 2 aromatic carbocycles. The minimum absolute atomic E-state index is 0.0418. The first-order chi connectivity index (χ1) is 26.0. The van der Waals surface area contributed by atoms with Crippen LogP contribution in [0.3, 0.4) is 0 Å². The molecular weight excluding hydrogens is 736 g/mol. The fourth-order valence-electron chi connectivity index (χ4n) is 6.90. The lowest BCUT2D eigenvalue weighted by molar-refractivity contribution is -0.141. The number of methoxy groups -OCH3 is 1. The summed E-state index contributed by atoms with van der Waals surface area (Å²) >= 11 is 7.50. The predicted molar refractivity (Wildman–Crippen MR) is 198 cm³/mol. The molecule has 278 valence electrons. The summed E-state index contributed by atoms with van der Waals surface area (Å²) < 4.78 is 6.81. The number of imide groups is 2. The Morgan fingerprint density at radius 1 is 1.00 bits per heavy atom. The van der Waals surface area contributed by atoms with E-state index in [2.05, 4.69) is 26.1 Å². The predicted octanol–water partition coefficient (Wildman–Crippen LogP) is 4.08. The van der Waals surface area contributed by atoms with Gasteiger partial charge in [0.2, 0.25) is 11.8 Å². The minimum atomic E-state index is -1.05. The number of piperidine rings is 1. The number of hydrogen-bond donors (Lipinski definition) is 3. The molecule has 15 nitrogen and oxygen atoms in total. The number of esters is 1. The van der Waals surface area contributed by atoms with Crippen molar-refractivity contribution in [3.8, 4) is 5.00 Å². The SMILES string of the molecule is COC(=O)C[C@@H]1N=C(c2ccc(Cl)cc2)c2c(sc(C(=O)NCCCCNc3cccc4c3C(=O)N(C3CCC(=O)NC3=O)C4=O)c2C)-n2c(C)nnc21. The number of nitrogens with zero attached hydrogens (tertiary/aromatic N) is 5. The number of benzene rings is 2. The van der Waals surface area contributed by atoms with Gasteiger partial charge in [-0.1, -0.05) is 29.8 Å². The maximum absolute atomic E-state index is 13.7. The second kappa shape index (κ2) is 14.9. The van der Waals surface area contributed by atoms with Gasteiger partial charge in [-0.15, -0.1) is 21.5 Å². The summed E-state index contributed by atoms with van der Waals surface area (Å²) in [7, 11) is 1.32. The molecule has 0 aliphatic carbocycles. The number of fused-ring (bicyclic) bond motifs is 4. The fraction of sp³-hybridized carbons (Fsp3) is 0.324. The summed E-state index contributed by atoms with van der Waals surface area (Å²) in [6.45, 7) is 4.48. The summed E-state index contributed by atoms with van der Waals surface area (Å²) in [5, 5.41) is 18.4. The number of nitrogens with one attached hydrogen (secondary N) is 3. The Morgan fingerprint density at radius 2 is 1.76 bits per heavy atom. The molecule has 1 fully saturated rings. The highest BCUT2D eigenvalue weighted by atomic mass is 35.5. The Balaban J connectivity index is 1.03. The van der Waals surface area contributed by atoms with Gasteiger partial charge >= 0.3 is 5.97 Å². The Hall–Kier alpha value is -5.74. The highest BCUT2D eigenvalue weighted by molar-refractivity contribution is 7.17. The van der Waals surface area contributed by atoms with Gasteiger partial charge in [-0.3, -0.25) is 48.5 Å². The molecule has 5 heterocycles. The van der Waals surface area contributed by atoms with E-state index in [1.165, 1.54) is 18.4 Å². The highest BCUT2D eigenvalue weighted by Crippen LogP contribution is 2.40. The van der Waals surface area contributed by atoms with Crippen LogP contribution in [0, 0.1) is 13.8 Å². The third-order valence-electron chi connectivity index (χ3n) is 9.59. The van der Waals surface area contributed by atoms with Crippen molar-refractivity contribution >= 4 is 69.8 Å². The third kappa shape index (κ3) is 6.66. The standard InChI is InChI=1S/C37H35ClN8O7S/c1-18-28-30(20-9-11-21(38)12-10-20)41-24(17-27(48)53-3)32-44-43-19(2)45(32)37(28)54-31(18)34(50)40-16-5-4-15-39-23-8-6-7-22-29(23)36(52)46(35(22)51)25-13-14-26(47)42-33(25)49/h6-12,24-25,39H,4-5,13-17H2,1-3H3,(H,40,50)(H,42,47,49)/t24-,25?/m0/s1. The van der Waals surface area contributed by atoms with Gasteiger partial charge in [0.1, 0.15) is 22.9 Å². The van der Waals surface area contributed by atoms with Gasteiger partial charge in [-0.05, 0) is 62.9 Å². The van der Waals surface area contributed by atoms with E-state index in [0.29, 0.717) is 69.4 Å². The van der Waals surface area contributed by atoms with Gasteiger partial charge in [0.25, 0.3) is 17.7 Å². The summed E-state index contributed by atoms with van der Waals surface area (Å²) in [6.07, 6.45) is 1.30. The van der Waals surface area contributed by atoms with Gasteiger partial charge < -0.3 is 15.4 Å². The second-order valence-corrected chi connectivity index (χ2v) is 14.5. The molecule has 3 aliphatic heterocycles. The molecule has 17 heteroatoms. The van der Waals surface area contributed by atoms with Crippen molar-refractivity contribution in [3.05, 3.63) is 91.8 Å². The Bertz CT molecular complexity index is 2260. The molecule has 1 unspecified atom stereocenters. The number of aryl methyl sites for hydroxylation is 1. The molecule has 2 aromatic heterocycles. The molecule has 0 saturated carbocycles. The number of rotatable bonds is 11. The van der Waals surface area contributed by atoms with Crippen LogP contribution in [-0.4, -0.2) is 87.1 Å². The van der Waals surface area contributed by atoms with E-state index < -0.39 is 41.7 Å². The van der Waals surface area contributed by atoms with Crippen LogP contribution >= 0.6 is 22.9 Å². The van der Waals surface area contributed by atoms with Crippen LogP contribution < -0.4 is 16.0 Å². The number of halogens is 1. The van der Waals surface area contributed by atoms with Crippen LogP contribution in [0.2, 0.25) is 5.02 Å². The zero-order chi connectivity index (χ0) is 38.3. The largest absolute Gasteiger partial charge is 0.469 e. The van der Waals surface area contributed by atoms with Gasteiger partial charge in [0, 0.05) is 41.3 Å². The van der Waals surface area contributed by atoms with Gasteiger partial charge in [0.05, 0.1) is 35.2 Å². The number of aliphatic imine (C=N–C) groups is 1. The van der Waals surface area contributed by atoms with E-state index in [4.69, 9.17) is 21.3 Å². The summed E-state index contributed by atoms with van der Waals surface area (Å²) in [4.78, 5) is 83.2. The number of carbonyl (C=O) groups excluding carboxylic acids is 6. The molecule has 4 aromatic rings. The lowest BCUT2D eigenvalue weighted by atomic mass is 9.99. The van der Waals surface area contributed by atoms with E-state index in [0.717, 1.165) is 16.0 Å². The molecule has 2 atom stereocenters. The summed E-state index contributed by atoms with van der Waals surface area (Å²) in [6, 6.07) is 10.4. The maximum Gasteiger partial charge on any atom is 0.308 e. The number of aromatic nitrogens is 3. The van der Waals surface area contributed by atoms with E-state index in [1.54, 1.807) is 37.3 Å². The number of amides is 5. The topological polar surface area (TPSA) is 194 Å². The van der Waals surface area contributed by atoms with Crippen molar-refractivity contribution in [2.75, 3.05) is 25.5 Å². The lowest BCUT2D eigenvalue weighted by Gasteiger charge is -2.27. The van der Waals surface area contributed by atoms with E-state index in [9.17, 15) is 28.8 Å². The van der Waals surface area contributed by atoms with Crippen LogP contribution in [0.1, 0.15) is 96.9 Å². The molecule has 5 amide bonds. The third-order valence-corrected chi connectivity index (χ3v) is 11.1. The van der Waals surface area contributed by atoms with Crippen LogP contribution in [0.25, 0.3) is 5.00 Å². The van der Waals surface area contributed by atoms with Crippen molar-refractivity contribution in [1.82, 2.24) is 30.3 Å². The van der Waals surface area contributed by atoms with Crippen LogP contribution in [0.15, 0.2) is 47.5 Å². The Kier molecular flexibility index (Phi) is 10.1. The molecule has 1 saturated heterocycles. The van der Waals surface area contributed by atoms with Crippen molar-refractivity contribution in [2.24, 2.45) is 4.99 Å². The zero-order valence-corrected chi connectivity index (χ0v) is 31.1. The molecule has 0 bridgehead atoms. The molecule has 3 N–H and O–H groups in total. The van der Waals surface area contributed by atoms with Crippen molar-refractivity contribution in [1.29, 1.82) is 0 Å². The smallest absolute Gasteiger partial charge is 0.308 e. The lowest BCUT2D eigenvalue weighted by Crippen LogP contribution is -2.54. The number of carbonyl (C=O) groups is 6. The molecule has 0 spiro atoms. The number of anilines is 1. The first-order valence-electron chi connectivity index (χ1n) is 17.3. The number of unbranched alkanes of at least 4 members (excludes halogenated alkanes) is 1.